The number of carboxylic acid groups (broad SMARTS) is 1. The molecular formula is C58H45F6IN2O7. The number of nitrogens with zero attached hydrogens (tertiary/aromatic N) is 2. The van der Waals surface area contributed by atoms with Gasteiger partial charge in [-0.2, -0.15) is 26.3 Å². The van der Waals surface area contributed by atoms with Crippen LogP contribution in [0.5, 0.6) is 11.5 Å². The van der Waals surface area contributed by atoms with Crippen LogP contribution in [0.3, 0.4) is 0 Å². The van der Waals surface area contributed by atoms with Crippen LogP contribution in [0.2, 0.25) is 0 Å². The molecule has 0 saturated heterocycles. The fourth-order valence-corrected chi connectivity index (χ4v) is 9.74. The van der Waals surface area contributed by atoms with Gasteiger partial charge in [0.2, 0.25) is 0 Å². The molecule has 0 atom stereocenters. The number of esters is 1. The van der Waals surface area contributed by atoms with E-state index >= 15 is 0 Å². The van der Waals surface area contributed by atoms with Crippen molar-refractivity contribution < 1.29 is 60.0 Å². The number of carboxylic acids is 1. The van der Waals surface area contributed by atoms with Gasteiger partial charge in [0.05, 0.1) is 41.0 Å². The Morgan fingerprint density at radius 1 is 0.554 bits per heavy atom. The summed E-state index contributed by atoms with van der Waals surface area (Å²) in [7, 11) is 3.18. The monoisotopic (exact) mass is 1120 g/mol. The number of aromatic carboxylic acids is 1. The van der Waals surface area contributed by atoms with E-state index in [0.29, 0.717) is 53.6 Å². The van der Waals surface area contributed by atoms with Gasteiger partial charge in [0.15, 0.2) is 5.78 Å². The lowest BCUT2D eigenvalue weighted by atomic mass is 9.96. The van der Waals surface area contributed by atoms with E-state index in [0.717, 1.165) is 57.7 Å². The summed E-state index contributed by atoms with van der Waals surface area (Å²) < 4.78 is 99.7. The number of Topliss-reactive ketones (excluding diaryl/α,β-unsaturated/α-hetero) is 1. The first-order valence-electron chi connectivity index (χ1n) is 22.9. The Balaban J connectivity index is 0.000000204. The molecule has 7 aromatic carbocycles. The SMILES string of the molecule is CCOC(=O)c1c(-c2cccc(C(C)=O)c2)c2cc(-c3ccc(OC)cc3)ccc2n1Cc1cccc(C(F)(F)F)c1.COc1ccc(-c2ccc3c(c2)c(I)c(C(=O)O)n3Cc2cccc(C(F)(F)F)c2)cc1. The minimum Gasteiger partial charge on any atom is -0.497 e. The first-order chi connectivity index (χ1) is 35.3. The zero-order valence-electron chi connectivity index (χ0n) is 40.1. The Bertz CT molecular complexity index is 3560. The van der Waals surface area contributed by atoms with Crippen LogP contribution in [-0.2, 0) is 30.2 Å². The number of carbonyl (C=O) groups is 3. The number of hydrogen-bond donors (Lipinski definition) is 1. The molecule has 1 N–H and O–H groups in total. The van der Waals surface area contributed by atoms with Crippen LogP contribution in [-0.4, -0.2) is 52.8 Å². The van der Waals surface area contributed by atoms with Crippen molar-refractivity contribution in [3.8, 4) is 44.9 Å². The van der Waals surface area contributed by atoms with Gasteiger partial charge < -0.3 is 28.5 Å². The average Bonchev–Trinajstić information content (AvgIpc) is 3.86. The third kappa shape index (κ3) is 11.2. The Kier molecular flexibility index (Phi) is 15.4. The number of alkyl halides is 6. The molecule has 0 aliphatic heterocycles. The molecule has 0 unspecified atom stereocenters. The topological polar surface area (TPSA) is 109 Å². The van der Waals surface area contributed by atoms with Crippen LogP contribution in [0.1, 0.15) is 67.4 Å². The van der Waals surface area contributed by atoms with E-state index in [1.807, 2.05) is 101 Å². The zero-order chi connectivity index (χ0) is 53.1. The van der Waals surface area contributed by atoms with E-state index in [1.54, 1.807) is 72.7 Å². The van der Waals surface area contributed by atoms with E-state index in [-0.39, 0.29) is 36.9 Å². The van der Waals surface area contributed by atoms with Gasteiger partial charge in [-0.25, -0.2) is 9.59 Å². The summed E-state index contributed by atoms with van der Waals surface area (Å²) in [6.45, 7) is 3.25. The van der Waals surface area contributed by atoms with Crippen LogP contribution in [0, 0.1) is 3.57 Å². The maximum absolute atomic E-state index is 13.6. The summed E-state index contributed by atoms with van der Waals surface area (Å²) in [5, 5.41) is 11.3. The van der Waals surface area contributed by atoms with E-state index in [1.165, 1.54) is 19.1 Å². The normalized spacial score (nSPS) is 11.6. The summed E-state index contributed by atoms with van der Waals surface area (Å²) in [5.74, 6) is -0.456. The Morgan fingerprint density at radius 2 is 1.01 bits per heavy atom. The summed E-state index contributed by atoms with van der Waals surface area (Å²) in [6, 6.07) is 43.2. The molecule has 378 valence electrons. The minimum atomic E-state index is -4.51. The van der Waals surface area contributed by atoms with Crippen molar-refractivity contribution in [2.45, 2.75) is 39.3 Å². The van der Waals surface area contributed by atoms with Crippen molar-refractivity contribution in [2.24, 2.45) is 0 Å². The second-order valence-electron chi connectivity index (χ2n) is 17.0. The van der Waals surface area contributed by atoms with Crippen molar-refractivity contribution in [3.63, 3.8) is 0 Å². The first-order valence-corrected chi connectivity index (χ1v) is 24.0. The molecule has 16 heteroatoms. The highest BCUT2D eigenvalue weighted by Gasteiger charge is 2.32. The maximum atomic E-state index is 13.6. The molecule has 2 heterocycles. The molecule has 0 saturated carbocycles. The van der Waals surface area contributed by atoms with Crippen LogP contribution in [0.4, 0.5) is 26.3 Å². The predicted molar refractivity (Wildman–Crippen MR) is 280 cm³/mol. The Labute approximate surface area is 434 Å². The molecule has 2 aromatic heterocycles. The lowest BCUT2D eigenvalue weighted by Crippen LogP contribution is -2.14. The number of aromatic nitrogens is 2. The van der Waals surface area contributed by atoms with Crippen molar-refractivity contribution in [1.29, 1.82) is 0 Å². The third-order valence-electron chi connectivity index (χ3n) is 12.3. The van der Waals surface area contributed by atoms with Crippen LogP contribution in [0.15, 0.2) is 158 Å². The first kappa shape index (κ1) is 52.5. The van der Waals surface area contributed by atoms with Crippen molar-refractivity contribution in [2.75, 3.05) is 20.8 Å². The molecule has 9 aromatic rings. The molecule has 0 radical (unpaired) electrons. The maximum Gasteiger partial charge on any atom is 0.416 e. The number of benzene rings is 7. The van der Waals surface area contributed by atoms with E-state index in [9.17, 15) is 45.8 Å². The molecule has 0 fully saturated rings. The van der Waals surface area contributed by atoms with Crippen molar-refractivity contribution >= 4 is 62.1 Å². The van der Waals surface area contributed by atoms with Crippen LogP contribution >= 0.6 is 22.6 Å². The molecule has 0 aliphatic rings. The van der Waals surface area contributed by atoms with Gasteiger partial charge in [0.25, 0.3) is 0 Å². The highest BCUT2D eigenvalue weighted by Crippen LogP contribution is 2.40. The number of hydrogen-bond acceptors (Lipinski definition) is 6. The summed E-state index contributed by atoms with van der Waals surface area (Å²) >= 11 is 1.98. The van der Waals surface area contributed by atoms with Gasteiger partial charge in [-0.05, 0) is 154 Å². The number of halogens is 7. The Hall–Kier alpha value is -7.86. The van der Waals surface area contributed by atoms with E-state index in [4.69, 9.17) is 14.2 Å². The number of fused-ring (bicyclic) bond motifs is 2. The predicted octanol–water partition coefficient (Wildman–Crippen LogP) is 15.1. The Morgan fingerprint density at radius 3 is 1.47 bits per heavy atom. The van der Waals surface area contributed by atoms with Gasteiger partial charge in [-0.3, -0.25) is 4.79 Å². The van der Waals surface area contributed by atoms with Gasteiger partial charge in [0, 0.05) is 40.5 Å². The fraction of sp³-hybridized carbons (Fsp3) is 0.155. The second kappa shape index (κ2) is 21.7. The van der Waals surface area contributed by atoms with E-state index < -0.39 is 35.4 Å². The standard InChI is InChI=1S/C34H28F3NO4.C24H17F3INO3/c1-4-42-33(40)32-31(26-9-6-8-24(18-26)21(2)39)29-19-25(23-11-14-28(41-3)15-12-23)13-16-30(29)38(32)20-22-7-5-10-27(17-22)34(35,36)37;1-32-18-8-5-15(6-9-18)16-7-10-20-19(12-16)21(28)22(23(30)31)29(20)13-14-3-2-4-17(11-14)24(25,26)27/h5-19H,4,20H2,1-3H3;2-12H,13H2,1H3,(H,30,31). The molecule has 0 aliphatic carbocycles. The number of carbonyl (C=O) groups excluding carboxylic acids is 2. The molecule has 0 spiro atoms. The number of rotatable bonds is 13. The second-order valence-corrected chi connectivity index (χ2v) is 18.1. The fourth-order valence-electron chi connectivity index (χ4n) is 8.79. The summed E-state index contributed by atoms with van der Waals surface area (Å²) in [6.07, 6.45) is -8.98. The largest absolute Gasteiger partial charge is 0.497 e. The zero-order valence-corrected chi connectivity index (χ0v) is 42.2. The molecule has 0 amide bonds. The quantitative estimate of drug-likeness (QED) is 0.0530. The summed E-state index contributed by atoms with van der Waals surface area (Å²) in [4.78, 5) is 37.9. The lowest BCUT2D eigenvalue weighted by molar-refractivity contribution is -0.138. The molecule has 74 heavy (non-hydrogen) atoms. The highest BCUT2D eigenvalue weighted by atomic mass is 127. The van der Waals surface area contributed by atoms with Crippen LogP contribution < -0.4 is 9.47 Å². The van der Waals surface area contributed by atoms with Gasteiger partial charge >= 0.3 is 24.3 Å². The highest BCUT2D eigenvalue weighted by molar-refractivity contribution is 14.1. The van der Waals surface area contributed by atoms with Crippen molar-refractivity contribution in [3.05, 3.63) is 201 Å². The van der Waals surface area contributed by atoms with Crippen LogP contribution in [0.25, 0.3) is 55.2 Å². The molecule has 9 rings (SSSR count). The van der Waals surface area contributed by atoms with Gasteiger partial charge in [0.1, 0.15) is 22.9 Å². The van der Waals surface area contributed by atoms with E-state index in [2.05, 4.69) is 0 Å². The lowest BCUT2D eigenvalue weighted by Gasteiger charge is -2.14. The summed E-state index contributed by atoms with van der Waals surface area (Å²) in [5.41, 5.74) is 5.93. The van der Waals surface area contributed by atoms with Crippen molar-refractivity contribution in [1.82, 2.24) is 9.13 Å². The molecular weight excluding hydrogens is 1080 g/mol. The van der Waals surface area contributed by atoms with Gasteiger partial charge in [-0.1, -0.05) is 78.9 Å². The van der Waals surface area contributed by atoms with Gasteiger partial charge in [-0.15, -0.1) is 0 Å². The number of ether oxygens (including phenoxy) is 3. The molecule has 0 bridgehead atoms. The average molecular weight is 1120 g/mol. The minimum absolute atomic E-state index is 0.00688. The smallest absolute Gasteiger partial charge is 0.416 e. The molecule has 9 nitrogen and oxygen atoms in total. The number of methoxy groups -OCH3 is 2. The number of ketones is 1. The third-order valence-corrected chi connectivity index (χ3v) is 13.4.